The number of carbonyl (C=O) groups is 2. The Bertz CT molecular complexity index is 1180. The van der Waals surface area contributed by atoms with E-state index in [1.165, 1.54) is 0 Å². The second-order valence-corrected chi connectivity index (χ2v) is 10.7. The molecule has 10 nitrogen and oxygen atoms in total. The van der Waals surface area contributed by atoms with Gasteiger partial charge in [0.05, 0.1) is 11.7 Å². The summed E-state index contributed by atoms with van der Waals surface area (Å²) in [5.41, 5.74) is -0.422. The zero-order valence-corrected chi connectivity index (χ0v) is 20.4. The molecular weight excluding hydrogens is 446 g/mol. The molecule has 184 valence electrons. The van der Waals surface area contributed by atoms with Crippen LogP contribution in [-0.2, 0) is 16.0 Å². The summed E-state index contributed by atoms with van der Waals surface area (Å²) in [5.74, 6) is 3.08. The van der Waals surface area contributed by atoms with Crippen LogP contribution in [0, 0.1) is 17.3 Å². The lowest BCUT2D eigenvalue weighted by Gasteiger charge is -2.71. The molecule has 2 atom stereocenters. The third-order valence-electron chi connectivity index (χ3n) is 8.44. The number of aromatic nitrogens is 3. The van der Waals surface area contributed by atoms with Gasteiger partial charge in [0.15, 0.2) is 0 Å². The highest BCUT2D eigenvalue weighted by atomic mass is 16.5. The van der Waals surface area contributed by atoms with Crippen LogP contribution in [0.3, 0.4) is 0 Å². The second-order valence-electron chi connectivity index (χ2n) is 10.7. The quantitative estimate of drug-likeness (QED) is 0.580. The molecule has 2 aliphatic heterocycles. The van der Waals surface area contributed by atoms with Crippen molar-refractivity contribution in [3.63, 3.8) is 0 Å². The van der Waals surface area contributed by atoms with Crippen LogP contribution in [0.5, 0.6) is 5.75 Å². The Morgan fingerprint density at radius 2 is 2.06 bits per heavy atom. The van der Waals surface area contributed by atoms with Crippen LogP contribution in [0.4, 0.5) is 17.6 Å². The number of hydrogen-bond donors (Lipinski definition) is 2. The fourth-order valence-corrected chi connectivity index (χ4v) is 6.02. The van der Waals surface area contributed by atoms with Crippen molar-refractivity contribution in [2.45, 2.75) is 38.1 Å². The van der Waals surface area contributed by atoms with Gasteiger partial charge in [0, 0.05) is 31.3 Å². The van der Waals surface area contributed by atoms with Crippen molar-refractivity contribution in [1.29, 1.82) is 0 Å². The van der Waals surface area contributed by atoms with Crippen LogP contribution in [0.1, 0.15) is 31.7 Å². The van der Waals surface area contributed by atoms with Crippen LogP contribution >= 0.6 is 0 Å². The van der Waals surface area contributed by atoms with Gasteiger partial charge in [-0.15, -0.1) is 0 Å². The fraction of sp³-hybridized carbons (Fsp3) is 0.560. The number of nitrogens with zero attached hydrogens (tertiary/aromatic N) is 5. The number of anilines is 3. The largest absolute Gasteiger partial charge is 0.491 e. The average Bonchev–Trinajstić information content (AvgIpc) is 3.17. The Labute approximate surface area is 204 Å². The molecule has 2 aromatic rings. The molecule has 0 radical (unpaired) electrons. The molecule has 5 aliphatic rings. The first-order valence-corrected chi connectivity index (χ1v) is 12.3. The van der Waals surface area contributed by atoms with Gasteiger partial charge in [-0.2, -0.15) is 4.98 Å². The number of likely N-dealkylation sites (N-methyl/N-ethyl adjacent to an activating group) is 1. The molecule has 35 heavy (non-hydrogen) atoms. The van der Waals surface area contributed by atoms with Crippen LogP contribution in [0.25, 0.3) is 0 Å². The highest BCUT2D eigenvalue weighted by Crippen LogP contribution is 2.67. The lowest BCUT2D eigenvalue weighted by Crippen LogP contribution is -2.78. The van der Waals surface area contributed by atoms with Gasteiger partial charge in [-0.25, -0.2) is 9.97 Å². The molecule has 10 heteroatoms. The lowest BCUT2D eigenvalue weighted by atomic mass is 9.42. The van der Waals surface area contributed by atoms with E-state index in [2.05, 4.69) is 32.4 Å². The molecule has 0 aromatic carbocycles. The monoisotopic (exact) mass is 477 g/mol. The van der Waals surface area contributed by atoms with Crippen molar-refractivity contribution < 1.29 is 14.3 Å². The first kappa shape index (κ1) is 22.2. The molecule has 1 spiro atoms. The summed E-state index contributed by atoms with van der Waals surface area (Å²) in [6, 6.07) is 3.67. The van der Waals surface area contributed by atoms with Gasteiger partial charge < -0.3 is 20.3 Å². The minimum Gasteiger partial charge on any atom is -0.491 e. The number of fused-ring (bicyclic) bond motifs is 1. The first-order valence-electron chi connectivity index (χ1n) is 12.3. The Balaban J connectivity index is 1.27. The topological polar surface area (TPSA) is 113 Å². The smallest absolute Gasteiger partial charge is 0.244 e. The maximum Gasteiger partial charge on any atom is 0.244 e. The summed E-state index contributed by atoms with van der Waals surface area (Å²) in [6.45, 7) is 4.13. The number of pyridine rings is 1. The van der Waals surface area contributed by atoms with Gasteiger partial charge >= 0.3 is 0 Å². The molecule has 4 fully saturated rings. The fourth-order valence-electron chi connectivity index (χ4n) is 6.02. The van der Waals surface area contributed by atoms with E-state index in [9.17, 15) is 9.59 Å². The minimum atomic E-state index is -1.04. The summed E-state index contributed by atoms with van der Waals surface area (Å²) in [4.78, 5) is 44.4. The van der Waals surface area contributed by atoms with Crippen molar-refractivity contribution in [2.75, 3.05) is 44.0 Å². The van der Waals surface area contributed by atoms with Gasteiger partial charge in [-0.1, -0.05) is 6.92 Å². The Kier molecular flexibility index (Phi) is 5.00. The molecule has 7 rings (SSSR count). The molecule has 3 aliphatic carbocycles. The van der Waals surface area contributed by atoms with Crippen molar-refractivity contribution in [3.05, 3.63) is 30.1 Å². The van der Waals surface area contributed by atoms with Crippen LogP contribution < -0.4 is 20.3 Å². The minimum absolute atomic E-state index is 0.105. The van der Waals surface area contributed by atoms with Gasteiger partial charge in [0.25, 0.3) is 0 Å². The van der Waals surface area contributed by atoms with E-state index >= 15 is 0 Å². The van der Waals surface area contributed by atoms with Crippen LogP contribution in [-0.4, -0.2) is 71.0 Å². The summed E-state index contributed by atoms with van der Waals surface area (Å²) in [6.07, 6.45) is 6.22. The Morgan fingerprint density at radius 3 is 2.66 bits per heavy atom. The second kappa shape index (κ2) is 7.87. The molecule has 2 N–H and O–H groups in total. The maximum absolute atomic E-state index is 13.9. The molecular formula is C25H31N7O3. The van der Waals surface area contributed by atoms with E-state index in [0.29, 0.717) is 61.2 Å². The summed E-state index contributed by atoms with van der Waals surface area (Å²) in [5, 5.41) is 6.04. The number of ether oxygens (including phenoxy) is 1. The van der Waals surface area contributed by atoms with E-state index in [4.69, 9.17) is 9.72 Å². The van der Waals surface area contributed by atoms with Crippen LogP contribution in [0.15, 0.2) is 24.5 Å². The number of carbonyl (C=O) groups excluding carboxylic acids is 2. The summed E-state index contributed by atoms with van der Waals surface area (Å²) in [7, 11) is 4.00. The molecule has 2 amide bonds. The lowest BCUT2D eigenvalue weighted by molar-refractivity contribution is -0.151. The summed E-state index contributed by atoms with van der Waals surface area (Å²) < 4.78 is 5.71. The first-order chi connectivity index (χ1) is 16.8. The average molecular weight is 478 g/mol. The normalized spacial score (nSPS) is 30.6. The number of hydrogen-bond acceptors (Lipinski definition) is 8. The Morgan fingerprint density at radius 1 is 1.23 bits per heavy atom. The highest BCUT2D eigenvalue weighted by molar-refractivity contribution is 6.15. The van der Waals surface area contributed by atoms with Crippen molar-refractivity contribution in [3.8, 4) is 5.75 Å². The van der Waals surface area contributed by atoms with E-state index in [1.807, 2.05) is 31.1 Å². The SMILES string of the molecule is C[C@@H]1C2CC1(N1C(=O)[C@]3(CCNC3=O)Cc3cnc(Nc4ccc(OCCN(C)C)cn4)nc31)C2. The van der Waals surface area contributed by atoms with E-state index in [1.54, 1.807) is 12.4 Å². The molecule has 1 saturated heterocycles. The number of rotatable bonds is 7. The third kappa shape index (κ3) is 3.30. The molecule has 0 unspecified atom stereocenters. The standard InChI is InChI=1S/C25H31N7O3/c1-15-16-11-25(15,12-16)32-20-17(10-24(22(32)34)6-7-26-21(24)33)13-28-23(30-20)29-19-5-4-18(14-27-19)35-9-8-31(2)3/h4-5,13-16H,6-12H2,1-3H3,(H,26,33)(H,27,28,29,30)/t15-,16?,24-,25?/m1/s1. The van der Waals surface area contributed by atoms with Gasteiger partial charge in [-0.05, 0) is 57.3 Å². The zero-order chi connectivity index (χ0) is 24.4. The predicted octanol–water partition coefficient (Wildman–Crippen LogP) is 1.75. The summed E-state index contributed by atoms with van der Waals surface area (Å²) >= 11 is 0. The third-order valence-corrected chi connectivity index (χ3v) is 8.44. The molecule has 2 aromatic heterocycles. The maximum atomic E-state index is 13.9. The predicted molar refractivity (Wildman–Crippen MR) is 129 cm³/mol. The molecule has 4 heterocycles. The van der Waals surface area contributed by atoms with Crippen molar-refractivity contribution >= 4 is 29.4 Å². The number of amides is 2. The van der Waals surface area contributed by atoms with Gasteiger partial charge in [0.1, 0.15) is 29.4 Å². The van der Waals surface area contributed by atoms with Gasteiger partial charge in [-0.3, -0.25) is 14.5 Å². The van der Waals surface area contributed by atoms with E-state index in [-0.39, 0.29) is 17.4 Å². The van der Waals surface area contributed by atoms with E-state index in [0.717, 1.165) is 24.9 Å². The van der Waals surface area contributed by atoms with Gasteiger partial charge in [0.2, 0.25) is 17.8 Å². The molecule has 3 saturated carbocycles. The molecule has 2 bridgehead atoms. The zero-order valence-electron chi connectivity index (χ0n) is 20.4. The highest BCUT2D eigenvalue weighted by Gasteiger charge is 2.71. The van der Waals surface area contributed by atoms with Crippen molar-refractivity contribution in [2.24, 2.45) is 17.3 Å². The van der Waals surface area contributed by atoms with E-state index < -0.39 is 5.41 Å². The van der Waals surface area contributed by atoms with Crippen LogP contribution in [0.2, 0.25) is 0 Å². The Hall–Kier alpha value is -3.27. The van der Waals surface area contributed by atoms with Crippen molar-refractivity contribution in [1.82, 2.24) is 25.2 Å². The number of nitrogens with one attached hydrogen (secondary N) is 2.